The number of imidazole rings is 1. The first-order valence-corrected chi connectivity index (χ1v) is 11.1. The molecular formula is C25H24FN5O2. The Morgan fingerprint density at radius 3 is 2.94 bits per heavy atom. The van der Waals surface area contributed by atoms with Crippen molar-refractivity contribution in [2.24, 2.45) is 0 Å². The van der Waals surface area contributed by atoms with Crippen LogP contribution in [0, 0.1) is 5.82 Å². The number of unbranched alkanes of at least 4 members (excludes halogenated alkanes) is 1. The molecule has 0 saturated carbocycles. The number of Topliss-reactive ketones (excluding diaryl/α,β-unsaturated/α-hetero) is 1. The lowest BCUT2D eigenvalue weighted by atomic mass is 9.93. The molecule has 1 aliphatic rings. The fourth-order valence-corrected chi connectivity index (χ4v) is 4.20. The molecule has 0 spiro atoms. The minimum Gasteiger partial charge on any atom is -0.493 e. The van der Waals surface area contributed by atoms with Crippen molar-refractivity contribution in [3.8, 4) is 17.0 Å². The van der Waals surface area contributed by atoms with Crippen molar-refractivity contribution in [2.75, 3.05) is 12.3 Å². The highest BCUT2D eigenvalue weighted by molar-refractivity contribution is 5.96. The standard InChI is InChI=1S/C25H24FN5O2/c1-2-3-4-21(32)14-5-6-22-16(9-14)10-17(13-33-22)24-29-20-12-15(11-18(26)23(20)31-24)19-7-8-28-25(27)30-19/h5-9,11-12,17H,2-4,10,13H2,1H3,(H,29,31)(H2,27,28,30). The monoisotopic (exact) mass is 445 g/mol. The predicted molar refractivity (Wildman–Crippen MR) is 124 cm³/mol. The predicted octanol–water partition coefficient (Wildman–Crippen LogP) is 4.83. The first-order valence-electron chi connectivity index (χ1n) is 11.1. The van der Waals surface area contributed by atoms with Crippen LogP contribution in [0.25, 0.3) is 22.3 Å². The van der Waals surface area contributed by atoms with Crippen molar-refractivity contribution < 1.29 is 13.9 Å². The van der Waals surface area contributed by atoms with Gasteiger partial charge in [-0.25, -0.2) is 19.3 Å². The minimum absolute atomic E-state index is 0.0801. The Kier molecular flexibility index (Phi) is 5.50. The molecule has 8 heteroatoms. The van der Waals surface area contributed by atoms with Crippen LogP contribution < -0.4 is 10.5 Å². The van der Waals surface area contributed by atoms with Gasteiger partial charge in [-0.2, -0.15) is 0 Å². The van der Waals surface area contributed by atoms with E-state index in [1.165, 1.54) is 12.3 Å². The number of nitrogen functional groups attached to an aromatic ring is 1. The number of hydrogen-bond acceptors (Lipinski definition) is 6. The molecule has 0 aliphatic carbocycles. The van der Waals surface area contributed by atoms with Crippen LogP contribution in [-0.4, -0.2) is 32.3 Å². The molecule has 1 aliphatic heterocycles. The third kappa shape index (κ3) is 4.16. The topological polar surface area (TPSA) is 107 Å². The van der Waals surface area contributed by atoms with Crippen molar-refractivity contribution in [2.45, 2.75) is 38.5 Å². The maximum atomic E-state index is 14.9. The SMILES string of the molecule is CCCCC(=O)c1ccc2c(c1)CC(c1nc3c(F)cc(-c4ccnc(N)n4)cc3[nH]1)CO2. The summed E-state index contributed by atoms with van der Waals surface area (Å²) in [5.74, 6) is 1.18. The van der Waals surface area contributed by atoms with Crippen LogP contribution >= 0.6 is 0 Å². The second-order valence-corrected chi connectivity index (χ2v) is 8.34. The van der Waals surface area contributed by atoms with Crippen molar-refractivity contribution in [3.05, 3.63) is 65.4 Å². The maximum Gasteiger partial charge on any atom is 0.220 e. The number of anilines is 1. The lowest BCUT2D eigenvalue weighted by Gasteiger charge is -2.24. The molecule has 0 amide bonds. The molecule has 1 unspecified atom stereocenters. The maximum absolute atomic E-state index is 14.9. The Morgan fingerprint density at radius 2 is 2.12 bits per heavy atom. The van der Waals surface area contributed by atoms with Crippen molar-refractivity contribution >= 4 is 22.8 Å². The van der Waals surface area contributed by atoms with E-state index in [9.17, 15) is 9.18 Å². The summed E-state index contributed by atoms with van der Waals surface area (Å²) in [6, 6.07) is 10.5. The Balaban J connectivity index is 1.43. The first-order chi connectivity index (χ1) is 16.0. The summed E-state index contributed by atoms with van der Waals surface area (Å²) in [6.45, 7) is 2.49. The van der Waals surface area contributed by atoms with Crippen molar-refractivity contribution in [1.82, 2.24) is 19.9 Å². The Morgan fingerprint density at radius 1 is 1.24 bits per heavy atom. The lowest BCUT2D eigenvalue weighted by molar-refractivity contribution is 0.0979. The van der Waals surface area contributed by atoms with Crippen LogP contribution in [0.2, 0.25) is 0 Å². The average molecular weight is 445 g/mol. The fourth-order valence-electron chi connectivity index (χ4n) is 4.20. The summed E-state index contributed by atoms with van der Waals surface area (Å²) in [5.41, 5.74) is 9.31. The van der Waals surface area contributed by atoms with Crippen molar-refractivity contribution in [3.63, 3.8) is 0 Å². The largest absolute Gasteiger partial charge is 0.493 e. The second kappa shape index (κ2) is 8.61. The van der Waals surface area contributed by atoms with Crippen LogP contribution in [0.3, 0.4) is 0 Å². The molecule has 1 atom stereocenters. The number of hydrogen-bond donors (Lipinski definition) is 2. The van der Waals surface area contributed by atoms with Crippen LogP contribution in [0.1, 0.15) is 53.8 Å². The molecule has 4 aromatic rings. The number of H-pyrrole nitrogens is 1. The summed E-state index contributed by atoms with van der Waals surface area (Å²) in [6.07, 6.45) is 4.60. The molecule has 2 aromatic carbocycles. The summed E-state index contributed by atoms with van der Waals surface area (Å²) < 4.78 is 20.8. The molecule has 0 bridgehead atoms. The van der Waals surface area contributed by atoms with Gasteiger partial charge in [0.25, 0.3) is 0 Å². The van der Waals surface area contributed by atoms with E-state index in [2.05, 4.69) is 26.9 Å². The highest BCUT2D eigenvalue weighted by Crippen LogP contribution is 2.34. The average Bonchev–Trinajstić information content (AvgIpc) is 3.27. The number of nitrogens with one attached hydrogen (secondary N) is 1. The van der Waals surface area contributed by atoms with Crippen LogP contribution in [0.4, 0.5) is 10.3 Å². The molecule has 3 N–H and O–H groups in total. The van der Waals surface area contributed by atoms with Gasteiger partial charge in [-0.1, -0.05) is 13.3 Å². The zero-order valence-electron chi connectivity index (χ0n) is 18.3. The van der Waals surface area contributed by atoms with Gasteiger partial charge in [-0.15, -0.1) is 0 Å². The molecule has 0 radical (unpaired) electrons. The summed E-state index contributed by atoms with van der Waals surface area (Å²) in [4.78, 5) is 28.3. The molecule has 5 rings (SSSR count). The van der Waals surface area contributed by atoms with Gasteiger partial charge < -0.3 is 15.5 Å². The summed E-state index contributed by atoms with van der Waals surface area (Å²) in [7, 11) is 0. The van der Waals surface area contributed by atoms with Gasteiger partial charge in [0.15, 0.2) is 11.6 Å². The molecule has 168 valence electrons. The molecule has 0 fully saturated rings. The fraction of sp³-hybridized carbons (Fsp3) is 0.280. The highest BCUT2D eigenvalue weighted by Gasteiger charge is 2.26. The zero-order chi connectivity index (χ0) is 22.9. The van der Waals surface area contributed by atoms with Crippen LogP contribution in [0.5, 0.6) is 5.75 Å². The normalized spacial score (nSPS) is 15.3. The number of nitrogens with two attached hydrogens (primary N) is 1. The third-order valence-electron chi connectivity index (χ3n) is 5.96. The number of benzene rings is 2. The van der Waals surface area contributed by atoms with Gasteiger partial charge >= 0.3 is 0 Å². The third-order valence-corrected chi connectivity index (χ3v) is 5.96. The summed E-state index contributed by atoms with van der Waals surface area (Å²) >= 11 is 0. The lowest BCUT2D eigenvalue weighted by Crippen LogP contribution is -2.20. The molecule has 7 nitrogen and oxygen atoms in total. The van der Waals surface area contributed by atoms with Crippen LogP contribution in [-0.2, 0) is 6.42 Å². The van der Waals surface area contributed by atoms with E-state index in [1.54, 1.807) is 12.1 Å². The van der Waals surface area contributed by atoms with E-state index >= 15 is 0 Å². The van der Waals surface area contributed by atoms with Gasteiger partial charge in [0.05, 0.1) is 23.7 Å². The van der Waals surface area contributed by atoms with E-state index in [-0.39, 0.29) is 23.2 Å². The number of aromatic amines is 1. The number of ether oxygens (including phenoxy) is 1. The summed E-state index contributed by atoms with van der Waals surface area (Å²) in [5, 5.41) is 0. The number of carbonyl (C=O) groups excluding carboxylic acids is 1. The quantitative estimate of drug-likeness (QED) is 0.412. The number of aromatic nitrogens is 4. The van der Waals surface area contributed by atoms with Crippen molar-refractivity contribution in [1.29, 1.82) is 0 Å². The molecular weight excluding hydrogens is 421 g/mol. The number of carbonyl (C=O) groups is 1. The zero-order valence-corrected chi connectivity index (χ0v) is 18.3. The van der Waals surface area contributed by atoms with Gasteiger partial charge in [-0.3, -0.25) is 4.79 Å². The molecule has 2 aromatic heterocycles. The van der Waals surface area contributed by atoms with E-state index in [4.69, 9.17) is 10.5 Å². The highest BCUT2D eigenvalue weighted by atomic mass is 19.1. The minimum atomic E-state index is -0.442. The number of fused-ring (bicyclic) bond motifs is 2. The Labute approximate surface area is 190 Å². The number of halogens is 1. The van der Waals surface area contributed by atoms with E-state index in [0.29, 0.717) is 47.6 Å². The van der Waals surface area contributed by atoms with Gasteiger partial charge in [0, 0.05) is 23.7 Å². The number of nitrogens with zero attached hydrogens (tertiary/aromatic N) is 3. The Hall–Kier alpha value is -3.81. The number of ketones is 1. The Bertz CT molecular complexity index is 1350. The van der Waals surface area contributed by atoms with E-state index in [0.717, 1.165) is 24.2 Å². The van der Waals surface area contributed by atoms with E-state index in [1.807, 2.05) is 18.2 Å². The molecule has 33 heavy (non-hydrogen) atoms. The van der Waals surface area contributed by atoms with Crippen LogP contribution in [0.15, 0.2) is 42.6 Å². The molecule has 0 saturated heterocycles. The number of rotatable bonds is 6. The second-order valence-electron chi connectivity index (χ2n) is 8.34. The first kappa shape index (κ1) is 21.1. The van der Waals surface area contributed by atoms with Gasteiger partial charge in [0.2, 0.25) is 5.95 Å². The molecule has 3 heterocycles. The van der Waals surface area contributed by atoms with Gasteiger partial charge in [-0.05, 0) is 54.8 Å². The smallest absolute Gasteiger partial charge is 0.220 e. The van der Waals surface area contributed by atoms with Gasteiger partial charge in [0.1, 0.15) is 17.1 Å². The van der Waals surface area contributed by atoms with E-state index < -0.39 is 5.82 Å².